The highest BCUT2D eigenvalue weighted by molar-refractivity contribution is 7.99. The van der Waals surface area contributed by atoms with E-state index in [1.54, 1.807) is 18.5 Å². The van der Waals surface area contributed by atoms with Crippen LogP contribution in [-0.4, -0.2) is 9.97 Å². The van der Waals surface area contributed by atoms with Crippen molar-refractivity contribution in [3.05, 3.63) is 46.3 Å². The van der Waals surface area contributed by atoms with Gasteiger partial charge in [-0.1, -0.05) is 41.0 Å². The minimum atomic E-state index is 0.549. The lowest BCUT2D eigenvalue weighted by Crippen LogP contribution is -1.88. The molecule has 0 aliphatic heterocycles. The molecule has 5 heteroatoms. The molecule has 0 unspecified atom stereocenters. The SMILES string of the molecule is Cc1nccnc1Sc1cccc(Cl)c1Cl. The van der Waals surface area contributed by atoms with Crippen molar-refractivity contribution in [3.63, 3.8) is 0 Å². The van der Waals surface area contributed by atoms with Gasteiger partial charge >= 0.3 is 0 Å². The summed E-state index contributed by atoms with van der Waals surface area (Å²) in [6.07, 6.45) is 3.33. The van der Waals surface area contributed by atoms with Gasteiger partial charge in [-0.05, 0) is 19.1 Å². The summed E-state index contributed by atoms with van der Waals surface area (Å²) >= 11 is 13.5. The molecule has 1 aromatic heterocycles. The van der Waals surface area contributed by atoms with E-state index in [4.69, 9.17) is 23.2 Å². The molecule has 2 nitrogen and oxygen atoms in total. The maximum atomic E-state index is 6.09. The average Bonchev–Trinajstić information content (AvgIpc) is 2.28. The molecule has 2 rings (SSSR count). The Morgan fingerprint density at radius 1 is 1.12 bits per heavy atom. The lowest BCUT2D eigenvalue weighted by molar-refractivity contribution is 0.986. The molecule has 0 aliphatic rings. The molecule has 0 atom stereocenters. The molecule has 1 aromatic carbocycles. The van der Waals surface area contributed by atoms with Crippen LogP contribution in [0.2, 0.25) is 10.0 Å². The zero-order valence-corrected chi connectivity index (χ0v) is 10.8. The van der Waals surface area contributed by atoms with Gasteiger partial charge in [-0.25, -0.2) is 4.98 Å². The predicted molar refractivity (Wildman–Crippen MR) is 67.4 cm³/mol. The standard InChI is InChI=1S/C11H8Cl2N2S/c1-7-11(15-6-5-14-7)16-9-4-2-3-8(12)10(9)13/h2-6H,1H3. The van der Waals surface area contributed by atoms with Crippen LogP contribution in [0, 0.1) is 6.92 Å². The fourth-order valence-electron chi connectivity index (χ4n) is 1.16. The van der Waals surface area contributed by atoms with Gasteiger partial charge in [0.05, 0.1) is 15.7 Å². The van der Waals surface area contributed by atoms with Gasteiger partial charge < -0.3 is 0 Å². The second-order valence-electron chi connectivity index (χ2n) is 3.10. The van der Waals surface area contributed by atoms with Crippen molar-refractivity contribution in [1.29, 1.82) is 0 Å². The number of hydrogen-bond acceptors (Lipinski definition) is 3. The molecule has 0 bridgehead atoms. The van der Waals surface area contributed by atoms with Crippen LogP contribution in [0.5, 0.6) is 0 Å². The summed E-state index contributed by atoms with van der Waals surface area (Å²) in [7, 11) is 0. The summed E-state index contributed by atoms with van der Waals surface area (Å²) in [6, 6.07) is 5.53. The third-order valence-electron chi connectivity index (χ3n) is 1.96. The van der Waals surface area contributed by atoms with Crippen molar-refractivity contribution in [1.82, 2.24) is 9.97 Å². The quantitative estimate of drug-likeness (QED) is 0.816. The van der Waals surface area contributed by atoms with Crippen LogP contribution in [0.1, 0.15) is 5.69 Å². The number of benzene rings is 1. The number of hydrogen-bond donors (Lipinski definition) is 0. The molecule has 0 N–H and O–H groups in total. The third kappa shape index (κ3) is 2.48. The minimum Gasteiger partial charge on any atom is -0.257 e. The van der Waals surface area contributed by atoms with E-state index >= 15 is 0 Å². The first-order valence-corrected chi connectivity index (χ1v) is 6.15. The van der Waals surface area contributed by atoms with E-state index in [-0.39, 0.29) is 0 Å². The van der Waals surface area contributed by atoms with Crippen molar-refractivity contribution in [2.75, 3.05) is 0 Å². The Balaban J connectivity index is 2.35. The van der Waals surface area contributed by atoms with E-state index in [1.807, 2.05) is 19.1 Å². The molecule has 1 heterocycles. The summed E-state index contributed by atoms with van der Waals surface area (Å²) in [4.78, 5) is 9.30. The highest BCUT2D eigenvalue weighted by Gasteiger charge is 2.08. The third-order valence-corrected chi connectivity index (χ3v) is 4.04. The van der Waals surface area contributed by atoms with Crippen molar-refractivity contribution in [2.24, 2.45) is 0 Å². The smallest absolute Gasteiger partial charge is 0.122 e. The zero-order valence-electron chi connectivity index (χ0n) is 8.45. The number of aryl methyl sites for hydroxylation is 1. The van der Waals surface area contributed by atoms with Crippen molar-refractivity contribution in [3.8, 4) is 0 Å². The topological polar surface area (TPSA) is 25.8 Å². The molecule has 2 aromatic rings. The average molecular weight is 271 g/mol. The van der Waals surface area contributed by atoms with E-state index < -0.39 is 0 Å². The Morgan fingerprint density at radius 2 is 1.88 bits per heavy atom. The van der Waals surface area contributed by atoms with Crippen molar-refractivity contribution < 1.29 is 0 Å². The normalized spacial score (nSPS) is 10.4. The Labute approximate surface area is 108 Å². The fourth-order valence-corrected chi connectivity index (χ4v) is 2.50. The summed E-state index contributed by atoms with van der Waals surface area (Å²) in [5.41, 5.74) is 0.878. The molecule has 16 heavy (non-hydrogen) atoms. The van der Waals surface area contributed by atoms with Crippen molar-refractivity contribution >= 4 is 35.0 Å². The monoisotopic (exact) mass is 270 g/mol. The van der Waals surface area contributed by atoms with Gasteiger partial charge in [0, 0.05) is 17.3 Å². The molecule has 82 valence electrons. The lowest BCUT2D eigenvalue weighted by Gasteiger charge is -2.05. The van der Waals surface area contributed by atoms with Gasteiger partial charge in [0.25, 0.3) is 0 Å². The molecule has 0 radical (unpaired) electrons. The number of rotatable bonds is 2. The van der Waals surface area contributed by atoms with E-state index in [0.29, 0.717) is 10.0 Å². The Kier molecular flexibility index (Phi) is 3.69. The van der Waals surface area contributed by atoms with Gasteiger partial charge in [0.1, 0.15) is 5.03 Å². The van der Waals surface area contributed by atoms with Gasteiger partial charge in [0.2, 0.25) is 0 Å². The molecule has 0 spiro atoms. The Bertz CT molecular complexity index is 517. The van der Waals surface area contributed by atoms with E-state index in [9.17, 15) is 0 Å². The van der Waals surface area contributed by atoms with Gasteiger partial charge in [-0.3, -0.25) is 4.98 Å². The molecule has 0 saturated carbocycles. The number of halogens is 2. The maximum Gasteiger partial charge on any atom is 0.122 e. The molecular formula is C11H8Cl2N2S. The van der Waals surface area contributed by atoms with Crippen LogP contribution in [0.15, 0.2) is 40.5 Å². The zero-order chi connectivity index (χ0) is 11.5. The molecule has 0 fully saturated rings. The van der Waals surface area contributed by atoms with Gasteiger partial charge in [-0.15, -0.1) is 0 Å². The predicted octanol–water partition coefficient (Wildman–Crippen LogP) is 4.24. The first-order chi connectivity index (χ1) is 7.68. The molecule has 0 aliphatic carbocycles. The van der Waals surface area contributed by atoms with Crippen LogP contribution < -0.4 is 0 Å². The first-order valence-electron chi connectivity index (χ1n) is 4.58. The number of nitrogens with zero attached hydrogens (tertiary/aromatic N) is 2. The largest absolute Gasteiger partial charge is 0.257 e. The van der Waals surface area contributed by atoms with Crippen LogP contribution in [0.4, 0.5) is 0 Å². The minimum absolute atomic E-state index is 0.549. The van der Waals surface area contributed by atoms with Crippen LogP contribution in [0.25, 0.3) is 0 Å². The second kappa shape index (κ2) is 5.04. The Morgan fingerprint density at radius 3 is 2.62 bits per heavy atom. The summed E-state index contributed by atoms with van der Waals surface area (Å²) < 4.78 is 0. The van der Waals surface area contributed by atoms with Crippen LogP contribution >= 0.6 is 35.0 Å². The molecular weight excluding hydrogens is 263 g/mol. The molecule has 0 saturated heterocycles. The highest BCUT2D eigenvalue weighted by Crippen LogP contribution is 2.36. The van der Waals surface area contributed by atoms with Gasteiger partial charge in [-0.2, -0.15) is 0 Å². The summed E-state index contributed by atoms with van der Waals surface area (Å²) in [5.74, 6) is 0. The van der Waals surface area contributed by atoms with E-state index in [0.717, 1.165) is 15.6 Å². The van der Waals surface area contributed by atoms with Crippen molar-refractivity contribution in [2.45, 2.75) is 16.8 Å². The first kappa shape index (κ1) is 11.7. The van der Waals surface area contributed by atoms with Crippen LogP contribution in [-0.2, 0) is 0 Å². The van der Waals surface area contributed by atoms with Gasteiger partial charge in [0.15, 0.2) is 0 Å². The van der Waals surface area contributed by atoms with Crippen LogP contribution in [0.3, 0.4) is 0 Å². The lowest BCUT2D eigenvalue weighted by atomic mass is 10.4. The summed E-state index contributed by atoms with van der Waals surface area (Å²) in [5, 5.41) is 1.94. The fraction of sp³-hybridized carbons (Fsp3) is 0.0909. The summed E-state index contributed by atoms with van der Waals surface area (Å²) in [6.45, 7) is 1.91. The van der Waals surface area contributed by atoms with E-state index in [1.165, 1.54) is 11.8 Å². The second-order valence-corrected chi connectivity index (χ2v) is 4.92. The molecule has 0 amide bonds. The van der Waals surface area contributed by atoms with E-state index in [2.05, 4.69) is 9.97 Å². The maximum absolute atomic E-state index is 6.09. The highest BCUT2D eigenvalue weighted by atomic mass is 35.5. The number of aromatic nitrogens is 2. The Hall–Kier alpha value is -0.770.